The van der Waals surface area contributed by atoms with Gasteiger partial charge in [-0.2, -0.15) is 0 Å². The molecule has 4 heteroatoms. The second-order valence-corrected chi connectivity index (χ2v) is 5.18. The number of fused-ring (bicyclic) bond motifs is 1. The van der Waals surface area contributed by atoms with Crippen LogP contribution in [-0.2, 0) is 11.3 Å². The van der Waals surface area contributed by atoms with Gasteiger partial charge in [0.25, 0.3) is 0 Å². The van der Waals surface area contributed by atoms with Crippen LogP contribution < -0.4 is 10.6 Å². The molecule has 0 saturated carbocycles. The number of phenolic OH excluding ortho intramolecular Hbond substituents is 1. The minimum Gasteiger partial charge on any atom is -0.508 e. The van der Waals surface area contributed by atoms with Crippen molar-refractivity contribution in [1.82, 2.24) is 10.6 Å². The highest BCUT2D eigenvalue weighted by molar-refractivity contribution is 5.87. The van der Waals surface area contributed by atoms with E-state index in [1.54, 1.807) is 6.07 Å². The number of phenols is 1. The molecule has 21 heavy (non-hydrogen) atoms. The van der Waals surface area contributed by atoms with Crippen LogP contribution in [0, 0.1) is 0 Å². The first kappa shape index (κ1) is 15.3. The number of aromatic hydroxyl groups is 1. The summed E-state index contributed by atoms with van der Waals surface area (Å²) in [5.41, 5.74) is 0.822. The summed E-state index contributed by atoms with van der Waals surface area (Å²) in [5.74, 6) is 0.235. The molecule has 0 aliphatic carbocycles. The molecule has 0 aliphatic heterocycles. The van der Waals surface area contributed by atoms with Gasteiger partial charge in [0.15, 0.2) is 0 Å². The lowest BCUT2D eigenvalue weighted by molar-refractivity contribution is -0.122. The van der Waals surface area contributed by atoms with E-state index in [1.807, 2.05) is 44.2 Å². The molecule has 0 heterocycles. The summed E-state index contributed by atoms with van der Waals surface area (Å²) >= 11 is 0. The fourth-order valence-corrected chi connectivity index (χ4v) is 2.26. The van der Waals surface area contributed by atoms with Crippen LogP contribution in [0.5, 0.6) is 5.75 Å². The fourth-order valence-electron chi connectivity index (χ4n) is 2.26. The van der Waals surface area contributed by atoms with E-state index in [1.165, 1.54) is 0 Å². The highest BCUT2D eigenvalue weighted by atomic mass is 16.3. The van der Waals surface area contributed by atoms with Gasteiger partial charge in [0.2, 0.25) is 5.91 Å². The van der Waals surface area contributed by atoms with Crippen molar-refractivity contribution in [2.45, 2.75) is 32.9 Å². The van der Waals surface area contributed by atoms with Crippen LogP contribution in [0.15, 0.2) is 36.4 Å². The third kappa shape index (κ3) is 3.73. The van der Waals surface area contributed by atoms with Crippen molar-refractivity contribution in [2.75, 3.05) is 6.54 Å². The third-order valence-electron chi connectivity index (χ3n) is 3.54. The van der Waals surface area contributed by atoms with E-state index >= 15 is 0 Å². The van der Waals surface area contributed by atoms with Crippen molar-refractivity contribution in [1.29, 1.82) is 0 Å². The molecule has 0 saturated heterocycles. The molecule has 112 valence electrons. The highest BCUT2D eigenvalue weighted by Gasteiger charge is 2.13. The minimum absolute atomic E-state index is 0.0171. The second kappa shape index (κ2) is 7.09. The summed E-state index contributed by atoms with van der Waals surface area (Å²) < 4.78 is 0. The molecule has 0 spiro atoms. The third-order valence-corrected chi connectivity index (χ3v) is 3.54. The van der Waals surface area contributed by atoms with Gasteiger partial charge in [-0.25, -0.2) is 0 Å². The molecule has 0 aromatic heterocycles. The average molecular weight is 286 g/mol. The molecular weight excluding hydrogens is 264 g/mol. The maximum absolute atomic E-state index is 11.8. The van der Waals surface area contributed by atoms with Crippen LogP contribution in [0.25, 0.3) is 10.8 Å². The Bertz CT molecular complexity index is 625. The normalized spacial score (nSPS) is 12.3. The molecule has 2 aromatic rings. The first-order valence-electron chi connectivity index (χ1n) is 7.34. The number of amides is 1. The lowest BCUT2D eigenvalue weighted by atomic mass is 10.0. The van der Waals surface area contributed by atoms with Gasteiger partial charge in [-0.05, 0) is 30.2 Å². The smallest absolute Gasteiger partial charge is 0.236 e. The molecule has 0 radical (unpaired) electrons. The van der Waals surface area contributed by atoms with E-state index in [9.17, 15) is 9.90 Å². The van der Waals surface area contributed by atoms with Crippen molar-refractivity contribution in [3.8, 4) is 5.75 Å². The van der Waals surface area contributed by atoms with Crippen LogP contribution in [-0.4, -0.2) is 23.6 Å². The molecule has 4 nitrogen and oxygen atoms in total. The molecule has 2 rings (SSSR count). The molecule has 3 N–H and O–H groups in total. The standard InChI is InChI=1S/C17H22N2O2/c1-3-10-18-17(21)12(2)19-11-15-14-7-5-4-6-13(14)8-9-16(15)20/h4-9,12,19-20H,3,10-11H2,1-2H3,(H,18,21). The van der Waals surface area contributed by atoms with Gasteiger partial charge in [-0.15, -0.1) is 0 Å². The second-order valence-electron chi connectivity index (χ2n) is 5.18. The maximum Gasteiger partial charge on any atom is 0.236 e. The van der Waals surface area contributed by atoms with E-state index in [2.05, 4.69) is 10.6 Å². The maximum atomic E-state index is 11.8. The zero-order valence-electron chi connectivity index (χ0n) is 12.5. The van der Waals surface area contributed by atoms with Gasteiger partial charge in [0.1, 0.15) is 5.75 Å². The number of hydrogen-bond acceptors (Lipinski definition) is 3. The van der Waals surface area contributed by atoms with E-state index in [0.29, 0.717) is 13.1 Å². The number of nitrogens with one attached hydrogen (secondary N) is 2. The van der Waals surface area contributed by atoms with Crippen LogP contribution in [0.4, 0.5) is 0 Å². The molecule has 1 unspecified atom stereocenters. The predicted octanol–water partition coefficient (Wildman–Crippen LogP) is 2.55. The van der Waals surface area contributed by atoms with E-state index in [0.717, 1.165) is 22.8 Å². The van der Waals surface area contributed by atoms with Gasteiger partial charge in [-0.3, -0.25) is 4.79 Å². The Morgan fingerprint density at radius 3 is 2.76 bits per heavy atom. The van der Waals surface area contributed by atoms with Gasteiger partial charge >= 0.3 is 0 Å². The summed E-state index contributed by atoms with van der Waals surface area (Å²) in [7, 11) is 0. The van der Waals surface area contributed by atoms with Crippen LogP contribution in [0.3, 0.4) is 0 Å². The van der Waals surface area contributed by atoms with E-state index in [-0.39, 0.29) is 17.7 Å². The fraction of sp³-hybridized carbons (Fsp3) is 0.353. The molecule has 0 bridgehead atoms. The average Bonchev–Trinajstić information content (AvgIpc) is 2.51. The monoisotopic (exact) mass is 286 g/mol. The first-order chi connectivity index (χ1) is 10.1. The zero-order valence-corrected chi connectivity index (χ0v) is 12.5. The first-order valence-corrected chi connectivity index (χ1v) is 7.34. The zero-order chi connectivity index (χ0) is 15.2. The molecule has 1 amide bonds. The number of rotatable bonds is 6. The van der Waals surface area contributed by atoms with Gasteiger partial charge in [0, 0.05) is 18.7 Å². The van der Waals surface area contributed by atoms with Crippen LogP contribution in [0.1, 0.15) is 25.8 Å². The summed E-state index contributed by atoms with van der Waals surface area (Å²) in [5, 5.41) is 18.2. The van der Waals surface area contributed by atoms with Crippen LogP contribution >= 0.6 is 0 Å². The topological polar surface area (TPSA) is 61.4 Å². The Hall–Kier alpha value is -2.07. The Labute approximate surface area is 125 Å². The van der Waals surface area contributed by atoms with Crippen molar-refractivity contribution in [3.63, 3.8) is 0 Å². The van der Waals surface area contributed by atoms with Gasteiger partial charge in [0.05, 0.1) is 6.04 Å². The Morgan fingerprint density at radius 2 is 2.00 bits per heavy atom. The highest BCUT2D eigenvalue weighted by Crippen LogP contribution is 2.26. The number of benzene rings is 2. The molecular formula is C17H22N2O2. The van der Waals surface area contributed by atoms with Crippen molar-refractivity contribution >= 4 is 16.7 Å². The molecule has 2 aromatic carbocycles. The largest absolute Gasteiger partial charge is 0.508 e. The summed E-state index contributed by atoms with van der Waals surface area (Å²) in [6.07, 6.45) is 0.919. The quantitative estimate of drug-likeness (QED) is 0.765. The number of hydrogen-bond donors (Lipinski definition) is 3. The lowest BCUT2D eigenvalue weighted by Gasteiger charge is -2.15. The lowest BCUT2D eigenvalue weighted by Crippen LogP contribution is -2.42. The Balaban J connectivity index is 2.09. The van der Waals surface area contributed by atoms with E-state index < -0.39 is 0 Å². The molecule has 0 fully saturated rings. The Kier molecular flexibility index (Phi) is 5.17. The molecule has 1 atom stereocenters. The van der Waals surface area contributed by atoms with Crippen LogP contribution in [0.2, 0.25) is 0 Å². The summed E-state index contributed by atoms with van der Waals surface area (Å²) in [6, 6.07) is 11.2. The number of carbonyl (C=O) groups is 1. The SMILES string of the molecule is CCCNC(=O)C(C)NCc1c(O)ccc2ccccc12. The van der Waals surface area contributed by atoms with Gasteiger partial charge < -0.3 is 15.7 Å². The predicted molar refractivity (Wildman–Crippen MR) is 85.2 cm³/mol. The number of carbonyl (C=O) groups excluding carboxylic acids is 1. The van der Waals surface area contributed by atoms with E-state index in [4.69, 9.17) is 0 Å². The van der Waals surface area contributed by atoms with Gasteiger partial charge in [-0.1, -0.05) is 37.3 Å². The van der Waals surface area contributed by atoms with Crippen molar-refractivity contribution in [3.05, 3.63) is 42.0 Å². The van der Waals surface area contributed by atoms with Crippen molar-refractivity contribution < 1.29 is 9.90 Å². The Morgan fingerprint density at radius 1 is 1.24 bits per heavy atom. The summed E-state index contributed by atoms with van der Waals surface area (Å²) in [4.78, 5) is 11.8. The van der Waals surface area contributed by atoms with Crippen molar-refractivity contribution in [2.24, 2.45) is 0 Å². The molecule has 0 aliphatic rings. The summed E-state index contributed by atoms with van der Waals surface area (Å²) in [6.45, 7) is 4.98. The minimum atomic E-state index is -0.296.